The van der Waals surface area contributed by atoms with Crippen LogP contribution in [-0.2, 0) is 4.79 Å². The van der Waals surface area contributed by atoms with Crippen LogP contribution in [0.4, 0.5) is 5.82 Å². The number of carboxylic acids is 1. The zero-order chi connectivity index (χ0) is 12.6. The molecule has 5 nitrogen and oxygen atoms in total. The van der Waals surface area contributed by atoms with Crippen LogP contribution in [0, 0.1) is 13.8 Å². The number of thiophene rings is 1. The Balaban J connectivity index is 2.55. The summed E-state index contributed by atoms with van der Waals surface area (Å²) in [4.78, 5) is 20.6. The van der Waals surface area contributed by atoms with Crippen molar-refractivity contribution in [2.45, 2.75) is 13.8 Å². The van der Waals surface area contributed by atoms with Crippen molar-refractivity contribution in [3.63, 3.8) is 0 Å². The number of carbonyl (C=O) groups is 1. The highest BCUT2D eigenvalue weighted by Crippen LogP contribution is 2.33. The normalized spacial score (nSPS) is 10.8. The van der Waals surface area contributed by atoms with Gasteiger partial charge >= 0.3 is 5.97 Å². The molecule has 0 radical (unpaired) electrons. The molecule has 0 atom stereocenters. The summed E-state index contributed by atoms with van der Waals surface area (Å²) in [5.74, 6) is -0.471. The van der Waals surface area contributed by atoms with Crippen LogP contribution >= 0.6 is 22.9 Å². The van der Waals surface area contributed by atoms with Crippen molar-refractivity contribution in [2.75, 3.05) is 11.9 Å². The van der Waals surface area contributed by atoms with Gasteiger partial charge in [-0.2, -0.15) is 0 Å². The highest BCUT2D eigenvalue weighted by Gasteiger charge is 2.14. The average Bonchev–Trinajstić information content (AvgIpc) is 2.51. The highest BCUT2D eigenvalue weighted by molar-refractivity contribution is 7.18. The number of carboxylic acid groups (broad SMARTS) is 1. The number of aliphatic carboxylic acids is 1. The number of fused-ring (bicyclic) bond motifs is 1. The van der Waals surface area contributed by atoms with Crippen molar-refractivity contribution < 1.29 is 9.90 Å². The summed E-state index contributed by atoms with van der Waals surface area (Å²) in [6.07, 6.45) is 0. The van der Waals surface area contributed by atoms with Gasteiger partial charge < -0.3 is 10.4 Å². The van der Waals surface area contributed by atoms with E-state index in [0.717, 1.165) is 20.7 Å². The molecule has 0 aromatic carbocycles. The van der Waals surface area contributed by atoms with Gasteiger partial charge in [-0.3, -0.25) is 4.79 Å². The zero-order valence-electron chi connectivity index (χ0n) is 9.24. The van der Waals surface area contributed by atoms with Crippen molar-refractivity contribution in [1.82, 2.24) is 9.97 Å². The third-order valence-corrected chi connectivity index (χ3v) is 3.68. The standard InChI is InChI=1S/C10H10ClN3O2S/c1-4-5(2)17-9-7(4)8(12-3-6(15)16)13-10(11)14-9/h3H2,1-2H3,(H,15,16)(H,12,13,14). The SMILES string of the molecule is Cc1sc2nc(Cl)nc(NCC(=O)O)c2c1C. The van der Waals surface area contributed by atoms with Gasteiger partial charge in [0.25, 0.3) is 0 Å². The van der Waals surface area contributed by atoms with Crippen LogP contribution in [0.2, 0.25) is 5.28 Å². The first kappa shape index (κ1) is 12.1. The van der Waals surface area contributed by atoms with E-state index in [1.54, 1.807) is 0 Å². The van der Waals surface area contributed by atoms with Crippen molar-refractivity contribution in [2.24, 2.45) is 0 Å². The van der Waals surface area contributed by atoms with Crippen LogP contribution in [0.25, 0.3) is 10.2 Å². The lowest BCUT2D eigenvalue weighted by molar-refractivity contribution is -0.134. The van der Waals surface area contributed by atoms with E-state index in [4.69, 9.17) is 16.7 Å². The minimum Gasteiger partial charge on any atom is -0.480 e. The molecule has 17 heavy (non-hydrogen) atoms. The summed E-state index contributed by atoms with van der Waals surface area (Å²) in [6, 6.07) is 0. The van der Waals surface area contributed by atoms with Gasteiger partial charge in [-0.1, -0.05) is 0 Å². The van der Waals surface area contributed by atoms with Gasteiger partial charge in [0.1, 0.15) is 17.2 Å². The quantitative estimate of drug-likeness (QED) is 0.839. The largest absolute Gasteiger partial charge is 0.480 e. The third-order valence-electron chi connectivity index (χ3n) is 2.41. The Bertz CT molecular complexity index is 597. The second-order valence-electron chi connectivity index (χ2n) is 3.55. The predicted molar refractivity (Wildman–Crippen MR) is 68.0 cm³/mol. The van der Waals surface area contributed by atoms with E-state index in [0.29, 0.717) is 5.82 Å². The van der Waals surface area contributed by atoms with Gasteiger partial charge in [0.2, 0.25) is 5.28 Å². The Morgan fingerprint density at radius 1 is 1.47 bits per heavy atom. The zero-order valence-corrected chi connectivity index (χ0v) is 10.8. The smallest absolute Gasteiger partial charge is 0.322 e. The van der Waals surface area contributed by atoms with Crippen LogP contribution in [-0.4, -0.2) is 27.6 Å². The van der Waals surface area contributed by atoms with E-state index >= 15 is 0 Å². The van der Waals surface area contributed by atoms with E-state index in [-0.39, 0.29) is 11.8 Å². The van der Waals surface area contributed by atoms with Gasteiger partial charge in [-0.25, -0.2) is 9.97 Å². The number of rotatable bonds is 3. The highest BCUT2D eigenvalue weighted by atomic mass is 35.5. The number of aryl methyl sites for hydroxylation is 2. The number of nitrogens with zero attached hydrogens (tertiary/aromatic N) is 2. The van der Waals surface area contributed by atoms with Crippen LogP contribution in [0.1, 0.15) is 10.4 Å². The van der Waals surface area contributed by atoms with Gasteiger partial charge in [-0.05, 0) is 31.0 Å². The molecule has 2 N–H and O–H groups in total. The Morgan fingerprint density at radius 2 is 2.18 bits per heavy atom. The number of anilines is 1. The van der Waals surface area contributed by atoms with Crippen molar-refractivity contribution in [3.05, 3.63) is 15.7 Å². The monoisotopic (exact) mass is 271 g/mol. The fourth-order valence-corrected chi connectivity index (χ4v) is 2.76. The van der Waals surface area contributed by atoms with E-state index in [1.165, 1.54) is 11.3 Å². The summed E-state index contributed by atoms with van der Waals surface area (Å²) in [6.45, 7) is 3.74. The molecule has 0 amide bonds. The molecule has 2 heterocycles. The molecule has 7 heteroatoms. The number of nitrogens with one attached hydrogen (secondary N) is 1. The lowest BCUT2D eigenvalue weighted by Crippen LogP contribution is -2.13. The fraction of sp³-hybridized carbons (Fsp3) is 0.300. The average molecular weight is 272 g/mol. The molecule has 0 fully saturated rings. The maximum Gasteiger partial charge on any atom is 0.322 e. The lowest BCUT2D eigenvalue weighted by atomic mass is 10.2. The molecule has 0 aliphatic rings. The first-order chi connectivity index (χ1) is 7.99. The maximum atomic E-state index is 10.5. The van der Waals surface area contributed by atoms with E-state index < -0.39 is 5.97 Å². The maximum absolute atomic E-state index is 10.5. The third kappa shape index (κ3) is 2.32. The summed E-state index contributed by atoms with van der Waals surface area (Å²) in [7, 11) is 0. The summed E-state index contributed by atoms with van der Waals surface area (Å²) in [5, 5.41) is 12.4. The molecule has 90 valence electrons. The topological polar surface area (TPSA) is 75.1 Å². The molecule has 0 spiro atoms. The summed E-state index contributed by atoms with van der Waals surface area (Å²) in [5.41, 5.74) is 1.05. The molecule has 0 unspecified atom stereocenters. The number of halogens is 1. The van der Waals surface area contributed by atoms with E-state index in [2.05, 4.69) is 15.3 Å². The van der Waals surface area contributed by atoms with Crippen LogP contribution in [0.5, 0.6) is 0 Å². The predicted octanol–water partition coefficient (Wildman–Crippen LogP) is 2.46. The molecule has 0 aliphatic heterocycles. The molecular weight excluding hydrogens is 262 g/mol. The van der Waals surface area contributed by atoms with E-state index in [1.807, 2.05) is 13.8 Å². The Morgan fingerprint density at radius 3 is 2.82 bits per heavy atom. The van der Waals surface area contributed by atoms with E-state index in [9.17, 15) is 4.79 Å². The van der Waals surface area contributed by atoms with Gasteiger partial charge in [0.15, 0.2) is 0 Å². The molecule has 2 rings (SSSR count). The lowest BCUT2D eigenvalue weighted by Gasteiger charge is -2.05. The molecule has 0 aliphatic carbocycles. The Hall–Kier alpha value is -1.40. The number of hydrogen-bond donors (Lipinski definition) is 2. The van der Waals surface area contributed by atoms with Crippen molar-refractivity contribution in [3.8, 4) is 0 Å². The second kappa shape index (κ2) is 4.46. The van der Waals surface area contributed by atoms with Crippen molar-refractivity contribution >= 4 is 44.9 Å². The van der Waals surface area contributed by atoms with Crippen LogP contribution in [0.3, 0.4) is 0 Å². The number of aromatic nitrogens is 2. The molecule has 2 aromatic heterocycles. The van der Waals surface area contributed by atoms with Gasteiger partial charge in [-0.15, -0.1) is 11.3 Å². The summed E-state index contributed by atoms with van der Waals surface area (Å²) >= 11 is 7.32. The number of hydrogen-bond acceptors (Lipinski definition) is 5. The minimum atomic E-state index is -0.947. The fourth-order valence-electron chi connectivity index (χ4n) is 1.51. The van der Waals surface area contributed by atoms with Gasteiger partial charge in [0, 0.05) is 4.88 Å². The van der Waals surface area contributed by atoms with Crippen LogP contribution < -0.4 is 5.32 Å². The molecular formula is C10H10ClN3O2S. The first-order valence-corrected chi connectivity index (χ1v) is 6.07. The van der Waals surface area contributed by atoms with Crippen LogP contribution in [0.15, 0.2) is 0 Å². The molecule has 0 saturated carbocycles. The van der Waals surface area contributed by atoms with Crippen molar-refractivity contribution in [1.29, 1.82) is 0 Å². The molecule has 0 bridgehead atoms. The second-order valence-corrected chi connectivity index (χ2v) is 5.09. The summed E-state index contributed by atoms with van der Waals surface area (Å²) < 4.78 is 0. The molecule has 2 aromatic rings. The first-order valence-electron chi connectivity index (χ1n) is 4.88. The van der Waals surface area contributed by atoms with Gasteiger partial charge in [0.05, 0.1) is 5.39 Å². The minimum absolute atomic E-state index is 0.117. The Labute approximate surface area is 106 Å². The molecule has 0 saturated heterocycles. The Kier molecular flexibility index (Phi) is 3.17.